The van der Waals surface area contributed by atoms with E-state index in [1.54, 1.807) is 18.3 Å². The molecule has 0 bridgehead atoms. The molecule has 7 heteroatoms. The van der Waals surface area contributed by atoms with E-state index in [1.807, 2.05) is 6.07 Å². The fourth-order valence-electron chi connectivity index (χ4n) is 2.43. The van der Waals surface area contributed by atoms with Gasteiger partial charge in [-0.2, -0.15) is 5.10 Å². The Morgan fingerprint density at radius 1 is 1.38 bits per heavy atom. The molecule has 0 saturated heterocycles. The molecule has 1 aromatic carbocycles. The zero-order valence-corrected chi connectivity index (χ0v) is 12.0. The Kier molecular flexibility index (Phi) is 2.94. The Balaban J connectivity index is 1.58. The summed E-state index contributed by atoms with van der Waals surface area (Å²) < 4.78 is 0. The average molecular weight is 299 g/mol. The van der Waals surface area contributed by atoms with Gasteiger partial charge in [-0.1, -0.05) is 6.07 Å². The standard InChI is InChI=1S/C14H13N5OS/c20-13(8-1-2-9-6-16-19-11(9)5-8)18-14-17-10-3-4-15-7-12(10)21-14/h1-2,5-6,15H,3-4,7H2,(H,16,19)(H,17,18,20). The van der Waals surface area contributed by atoms with Gasteiger partial charge in [0.25, 0.3) is 5.91 Å². The first kappa shape index (κ1) is 12.5. The molecule has 0 spiro atoms. The summed E-state index contributed by atoms with van der Waals surface area (Å²) in [6.07, 6.45) is 2.65. The highest BCUT2D eigenvalue weighted by Gasteiger charge is 2.16. The van der Waals surface area contributed by atoms with Crippen LogP contribution in [0, 0.1) is 0 Å². The largest absolute Gasteiger partial charge is 0.311 e. The first-order valence-electron chi connectivity index (χ1n) is 6.73. The number of benzene rings is 1. The van der Waals surface area contributed by atoms with Gasteiger partial charge in [0, 0.05) is 35.3 Å². The normalized spacial score (nSPS) is 14.1. The molecule has 0 aliphatic carbocycles. The summed E-state index contributed by atoms with van der Waals surface area (Å²) in [6.45, 7) is 1.78. The number of H-pyrrole nitrogens is 1. The summed E-state index contributed by atoms with van der Waals surface area (Å²) in [5.74, 6) is -0.148. The molecule has 21 heavy (non-hydrogen) atoms. The number of anilines is 1. The van der Waals surface area contributed by atoms with Gasteiger partial charge in [-0.25, -0.2) is 4.98 Å². The summed E-state index contributed by atoms with van der Waals surface area (Å²) in [6, 6.07) is 5.47. The topological polar surface area (TPSA) is 82.7 Å². The van der Waals surface area contributed by atoms with Crippen molar-refractivity contribution >= 4 is 33.3 Å². The van der Waals surface area contributed by atoms with Crippen LogP contribution < -0.4 is 10.6 Å². The van der Waals surface area contributed by atoms with Gasteiger partial charge in [0.05, 0.1) is 17.4 Å². The van der Waals surface area contributed by atoms with E-state index in [-0.39, 0.29) is 5.91 Å². The van der Waals surface area contributed by atoms with Crippen LogP contribution in [-0.2, 0) is 13.0 Å². The van der Waals surface area contributed by atoms with Crippen LogP contribution in [0.2, 0.25) is 0 Å². The smallest absolute Gasteiger partial charge is 0.257 e. The van der Waals surface area contributed by atoms with Crippen molar-refractivity contribution in [2.75, 3.05) is 11.9 Å². The number of carbonyl (C=O) groups excluding carboxylic acids is 1. The average Bonchev–Trinajstić information content (AvgIpc) is 3.11. The molecule has 0 atom stereocenters. The van der Waals surface area contributed by atoms with E-state index in [0.717, 1.165) is 36.1 Å². The minimum absolute atomic E-state index is 0.148. The lowest BCUT2D eigenvalue weighted by Gasteiger charge is -2.09. The Labute approximate surface area is 124 Å². The number of nitrogens with zero attached hydrogens (tertiary/aromatic N) is 2. The van der Waals surface area contributed by atoms with Crippen LogP contribution in [0.25, 0.3) is 10.9 Å². The van der Waals surface area contributed by atoms with Gasteiger partial charge < -0.3 is 5.32 Å². The molecule has 0 unspecified atom stereocenters. The number of aromatic nitrogens is 3. The second kappa shape index (κ2) is 4.94. The van der Waals surface area contributed by atoms with Crippen LogP contribution in [0.15, 0.2) is 24.4 Å². The van der Waals surface area contributed by atoms with E-state index < -0.39 is 0 Å². The number of nitrogens with one attached hydrogen (secondary N) is 3. The third kappa shape index (κ3) is 2.30. The molecule has 1 amide bonds. The van der Waals surface area contributed by atoms with Gasteiger partial charge in [0.15, 0.2) is 5.13 Å². The number of thiazole rings is 1. The van der Waals surface area contributed by atoms with Crippen molar-refractivity contribution in [3.63, 3.8) is 0 Å². The zero-order valence-electron chi connectivity index (χ0n) is 11.1. The molecule has 0 fully saturated rings. The number of carbonyl (C=O) groups is 1. The molecule has 106 valence electrons. The Morgan fingerprint density at radius 2 is 2.33 bits per heavy atom. The molecule has 0 saturated carbocycles. The fourth-order valence-corrected chi connectivity index (χ4v) is 3.40. The van der Waals surface area contributed by atoms with Crippen molar-refractivity contribution in [2.24, 2.45) is 0 Å². The third-order valence-electron chi connectivity index (χ3n) is 3.53. The Hall–Kier alpha value is -2.25. The summed E-state index contributed by atoms with van der Waals surface area (Å²) in [7, 11) is 0. The van der Waals surface area contributed by atoms with Crippen molar-refractivity contribution in [2.45, 2.75) is 13.0 Å². The Morgan fingerprint density at radius 3 is 3.24 bits per heavy atom. The van der Waals surface area contributed by atoms with Crippen LogP contribution in [0.3, 0.4) is 0 Å². The lowest BCUT2D eigenvalue weighted by atomic mass is 10.1. The highest BCUT2D eigenvalue weighted by Crippen LogP contribution is 2.26. The third-order valence-corrected chi connectivity index (χ3v) is 4.54. The number of fused-ring (bicyclic) bond motifs is 2. The van der Waals surface area contributed by atoms with Crippen molar-refractivity contribution in [3.05, 3.63) is 40.5 Å². The molecular formula is C14H13N5OS. The minimum atomic E-state index is -0.148. The molecule has 1 aliphatic rings. The first-order valence-corrected chi connectivity index (χ1v) is 7.55. The fraction of sp³-hybridized carbons (Fsp3) is 0.214. The van der Waals surface area contributed by atoms with Gasteiger partial charge in [-0.05, 0) is 12.1 Å². The Bertz CT molecular complexity index is 798. The van der Waals surface area contributed by atoms with Crippen molar-refractivity contribution in [1.29, 1.82) is 0 Å². The van der Waals surface area contributed by atoms with E-state index in [2.05, 4.69) is 25.8 Å². The summed E-state index contributed by atoms with van der Waals surface area (Å²) in [5, 5.41) is 14.7. The maximum absolute atomic E-state index is 12.3. The highest BCUT2D eigenvalue weighted by molar-refractivity contribution is 7.15. The van der Waals surface area contributed by atoms with Crippen molar-refractivity contribution in [1.82, 2.24) is 20.5 Å². The second-order valence-electron chi connectivity index (χ2n) is 4.94. The van der Waals surface area contributed by atoms with Gasteiger partial charge in [-0.3, -0.25) is 15.2 Å². The van der Waals surface area contributed by atoms with E-state index in [9.17, 15) is 4.79 Å². The van der Waals surface area contributed by atoms with Crippen LogP contribution in [0.1, 0.15) is 20.9 Å². The number of aromatic amines is 1. The lowest BCUT2D eigenvalue weighted by molar-refractivity contribution is 0.102. The lowest BCUT2D eigenvalue weighted by Crippen LogP contribution is -2.22. The van der Waals surface area contributed by atoms with Crippen LogP contribution in [0.4, 0.5) is 5.13 Å². The van der Waals surface area contributed by atoms with Crippen LogP contribution in [-0.4, -0.2) is 27.6 Å². The van der Waals surface area contributed by atoms with Gasteiger partial charge in [0.2, 0.25) is 0 Å². The highest BCUT2D eigenvalue weighted by atomic mass is 32.1. The molecule has 6 nitrogen and oxygen atoms in total. The quantitative estimate of drug-likeness (QED) is 0.675. The first-order chi connectivity index (χ1) is 10.3. The summed E-state index contributed by atoms with van der Waals surface area (Å²) >= 11 is 1.54. The molecule has 3 heterocycles. The minimum Gasteiger partial charge on any atom is -0.311 e. The zero-order chi connectivity index (χ0) is 14.2. The maximum Gasteiger partial charge on any atom is 0.257 e. The summed E-state index contributed by atoms with van der Waals surface area (Å²) in [5.41, 5.74) is 2.54. The van der Waals surface area contributed by atoms with Gasteiger partial charge in [0.1, 0.15) is 0 Å². The number of hydrogen-bond acceptors (Lipinski definition) is 5. The molecule has 4 rings (SSSR count). The van der Waals surface area contributed by atoms with Gasteiger partial charge in [-0.15, -0.1) is 11.3 Å². The van der Waals surface area contributed by atoms with E-state index in [4.69, 9.17) is 0 Å². The van der Waals surface area contributed by atoms with Gasteiger partial charge >= 0.3 is 0 Å². The predicted molar refractivity (Wildman–Crippen MR) is 81.6 cm³/mol. The number of hydrogen-bond donors (Lipinski definition) is 3. The molecular weight excluding hydrogens is 286 g/mol. The monoisotopic (exact) mass is 299 g/mol. The molecule has 2 aromatic heterocycles. The SMILES string of the molecule is O=C(Nc1nc2c(s1)CNCC2)c1ccc2cn[nH]c2c1. The van der Waals surface area contributed by atoms with E-state index in [1.165, 1.54) is 16.2 Å². The molecule has 1 aliphatic heterocycles. The predicted octanol–water partition coefficient (Wildman–Crippen LogP) is 1.92. The molecule has 3 aromatic rings. The van der Waals surface area contributed by atoms with Crippen LogP contribution in [0.5, 0.6) is 0 Å². The van der Waals surface area contributed by atoms with Crippen molar-refractivity contribution < 1.29 is 4.79 Å². The molecule has 0 radical (unpaired) electrons. The van der Waals surface area contributed by atoms with Crippen molar-refractivity contribution in [3.8, 4) is 0 Å². The van der Waals surface area contributed by atoms with Crippen LogP contribution >= 0.6 is 11.3 Å². The van der Waals surface area contributed by atoms with E-state index >= 15 is 0 Å². The summed E-state index contributed by atoms with van der Waals surface area (Å²) in [4.78, 5) is 18.0. The van der Waals surface area contributed by atoms with E-state index in [0.29, 0.717) is 10.7 Å². The molecule has 3 N–H and O–H groups in total. The second-order valence-corrected chi connectivity index (χ2v) is 6.03. The maximum atomic E-state index is 12.3. The number of rotatable bonds is 2. The number of amides is 1.